The summed E-state index contributed by atoms with van der Waals surface area (Å²) in [5.41, 5.74) is 0.627. The smallest absolute Gasteiger partial charge is 0.310 e. The van der Waals surface area contributed by atoms with Gasteiger partial charge in [0.05, 0.1) is 23.0 Å². The summed E-state index contributed by atoms with van der Waals surface area (Å²) in [5, 5.41) is 11.3. The average molecular weight is 328 g/mol. The lowest BCUT2D eigenvalue weighted by atomic mass is 10.0. The number of rotatable bonds is 6. The standard InChI is InChI=1S/C14H14ClNO6/c1-2-20-13(17)6-10-5-9(7-14-21-3-4-22-14)11(15)8-12(10)16(18)19/h3-5,8,14H,2,6-7H2,1H3. The zero-order valence-electron chi connectivity index (χ0n) is 11.8. The molecule has 0 spiro atoms. The number of nitro groups is 1. The van der Waals surface area contributed by atoms with Crippen molar-refractivity contribution in [3.05, 3.63) is 50.9 Å². The third-order valence-corrected chi connectivity index (χ3v) is 3.34. The van der Waals surface area contributed by atoms with Gasteiger partial charge in [0.1, 0.15) is 12.5 Å². The molecule has 1 aliphatic rings. The van der Waals surface area contributed by atoms with Crippen molar-refractivity contribution in [3.8, 4) is 0 Å². The van der Waals surface area contributed by atoms with Crippen LogP contribution in [0.2, 0.25) is 5.02 Å². The average Bonchev–Trinajstić information content (AvgIpc) is 2.95. The number of benzene rings is 1. The molecule has 1 aromatic rings. The molecule has 0 saturated carbocycles. The minimum absolute atomic E-state index is 0.195. The van der Waals surface area contributed by atoms with Crippen molar-refractivity contribution >= 4 is 23.3 Å². The number of carbonyl (C=O) groups excluding carboxylic acids is 1. The van der Waals surface area contributed by atoms with Gasteiger partial charge in [0.2, 0.25) is 6.29 Å². The Kier molecular flexibility index (Phi) is 5.21. The van der Waals surface area contributed by atoms with Crippen LogP contribution in [0, 0.1) is 10.1 Å². The van der Waals surface area contributed by atoms with Gasteiger partial charge in [0, 0.05) is 18.1 Å². The maximum Gasteiger partial charge on any atom is 0.310 e. The van der Waals surface area contributed by atoms with Crippen LogP contribution < -0.4 is 0 Å². The first-order chi connectivity index (χ1) is 10.5. The van der Waals surface area contributed by atoms with E-state index in [0.29, 0.717) is 12.0 Å². The van der Waals surface area contributed by atoms with Gasteiger partial charge in [-0.3, -0.25) is 14.9 Å². The van der Waals surface area contributed by atoms with Crippen LogP contribution in [0.1, 0.15) is 18.1 Å². The van der Waals surface area contributed by atoms with Crippen LogP contribution in [0.25, 0.3) is 0 Å². The van der Waals surface area contributed by atoms with E-state index >= 15 is 0 Å². The first kappa shape index (κ1) is 16.1. The van der Waals surface area contributed by atoms with Gasteiger partial charge < -0.3 is 14.2 Å². The van der Waals surface area contributed by atoms with Crippen molar-refractivity contribution in [2.75, 3.05) is 6.61 Å². The highest BCUT2D eigenvalue weighted by molar-refractivity contribution is 6.31. The minimum Gasteiger partial charge on any atom is -0.466 e. The van der Waals surface area contributed by atoms with Crippen molar-refractivity contribution < 1.29 is 23.9 Å². The van der Waals surface area contributed by atoms with Gasteiger partial charge >= 0.3 is 5.97 Å². The lowest BCUT2D eigenvalue weighted by Crippen LogP contribution is -2.13. The molecule has 2 rings (SSSR count). The summed E-state index contributed by atoms with van der Waals surface area (Å²) in [5.74, 6) is -0.533. The third kappa shape index (κ3) is 3.88. The molecule has 0 N–H and O–H groups in total. The molecular formula is C14H14ClNO6. The fourth-order valence-corrected chi connectivity index (χ4v) is 2.28. The van der Waals surface area contributed by atoms with Crippen LogP contribution >= 0.6 is 11.6 Å². The van der Waals surface area contributed by atoms with Crippen molar-refractivity contribution in [2.24, 2.45) is 0 Å². The SMILES string of the molecule is CCOC(=O)Cc1cc(CC2OC=CO2)c(Cl)cc1[N+](=O)[O-]. The fourth-order valence-electron chi connectivity index (χ4n) is 2.04. The highest BCUT2D eigenvalue weighted by Crippen LogP contribution is 2.29. The Morgan fingerprint density at radius 3 is 2.64 bits per heavy atom. The molecule has 1 aliphatic heterocycles. The maximum atomic E-state index is 11.6. The zero-order valence-corrected chi connectivity index (χ0v) is 12.5. The lowest BCUT2D eigenvalue weighted by Gasteiger charge is -2.13. The molecule has 0 fully saturated rings. The number of ether oxygens (including phenoxy) is 3. The van der Waals surface area contributed by atoms with Gasteiger partial charge in [-0.25, -0.2) is 0 Å². The number of carbonyl (C=O) groups is 1. The number of hydrogen-bond acceptors (Lipinski definition) is 6. The second-order valence-corrected chi connectivity index (χ2v) is 4.90. The van der Waals surface area contributed by atoms with Crippen molar-refractivity contribution in [2.45, 2.75) is 26.1 Å². The molecule has 1 heterocycles. The predicted octanol–water partition coefficient (Wildman–Crippen LogP) is 2.74. The van der Waals surface area contributed by atoms with E-state index in [0.717, 1.165) is 0 Å². The quantitative estimate of drug-likeness (QED) is 0.453. The molecule has 22 heavy (non-hydrogen) atoms. The second-order valence-electron chi connectivity index (χ2n) is 4.49. The van der Waals surface area contributed by atoms with Crippen LogP contribution in [0.15, 0.2) is 24.7 Å². The molecule has 0 saturated heterocycles. The summed E-state index contributed by atoms with van der Waals surface area (Å²) in [6, 6.07) is 2.75. The number of nitro benzene ring substituents is 1. The summed E-state index contributed by atoms with van der Waals surface area (Å²) in [4.78, 5) is 22.1. The van der Waals surface area contributed by atoms with E-state index in [9.17, 15) is 14.9 Å². The largest absolute Gasteiger partial charge is 0.466 e. The van der Waals surface area contributed by atoms with Gasteiger partial charge in [-0.2, -0.15) is 0 Å². The highest BCUT2D eigenvalue weighted by atomic mass is 35.5. The van der Waals surface area contributed by atoms with Gasteiger partial charge in [0.25, 0.3) is 5.69 Å². The molecule has 1 aromatic carbocycles. The summed E-state index contributed by atoms with van der Waals surface area (Å²) in [6.07, 6.45) is 2.39. The molecular weight excluding hydrogens is 314 g/mol. The van der Waals surface area contributed by atoms with Crippen LogP contribution in [0.5, 0.6) is 0 Å². The number of halogens is 1. The highest BCUT2D eigenvalue weighted by Gasteiger charge is 2.23. The van der Waals surface area contributed by atoms with E-state index in [1.165, 1.54) is 24.7 Å². The number of hydrogen-bond donors (Lipinski definition) is 0. The maximum absolute atomic E-state index is 11.6. The normalized spacial score (nSPS) is 13.5. The van der Waals surface area contributed by atoms with E-state index in [2.05, 4.69) is 0 Å². The molecule has 7 nitrogen and oxygen atoms in total. The van der Waals surface area contributed by atoms with E-state index in [1.54, 1.807) is 6.92 Å². The van der Waals surface area contributed by atoms with E-state index in [4.69, 9.17) is 25.8 Å². The zero-order chi connectivity index (χ0) is 16.1. The molecule has 118 valence electrons. The van der Waals surface area contributed by atoms with Crippen molar-refractivity contribution in [3.63, 3.8) is 0 Å². The van der Waals surface area contributed by atoms with Gasteiger partial charge in [-0.1, -0.05) is 11.6 Å². The van der Waals surface area contributed by atoms with Crippen molar-refractivity contribution in [1.82, 2.24) is 0 Å². The first-order valence-corrected chi connectivity index (χ1v) is 6.96. The Bertz CT molecular complexity index is 608. The summed E-state index contributed by atoms with van der Waals surface area (Å²) in [7, 11) is 0. The van der Waals surface area contributed by atoms with Crippen LogP contribution in [-0.4, -0.2) is 23.8 Å². The molecule has 0 radical (unpaired) electrons. The van der Waals surface area contributed by atoms with E-state index < -0.39 is 17.2 Å². The Hall–Kier alpha value is -2.28. The van der Waals surface area contributed by atoms with Crippen LogP contribution in [0.4, 0.5) is 5.69 Å². The first-order valence-electron chi connectivity index (χ1n) is 6.58. The Balaban J connectivity index is 2.27. The Labute approximate surface area is 131 Å². The van der Waals surface area contributed by atoms with Gasteiger partial charge in [-0.15, -0.1) is 0 Å². The third-order valence-electron chi connectivity index (χ3n) is 2.99. The van der Waals surface area contributed by atoms with Crippen LogP contribution in [-0.2, 0) is 31.8 Å². The Morgan fingerprint density at radius 1 is 1.36 bits per heavy atom. The lowest BCUT2D eigenvalue weighted by molar-refractivity contribution is -0.385. The summed E-state index contributed by atoms with van der Waals surface area (Å²) >= 11 is 6.07. The van der Waals surface area contributed by atoms with Crippen molar-refractivity contribution in [1.29, 1.82) is 0 Å². The summed E-state index contributed by atoms with van der Waals surface area (Å²) in [6.45, 7) is 1.88. The van der Waals surface area contributed by atoms with E-state index in [-0.39, 0.29) is 29.3 Å². The molecule has 0 atom stereocenters. The Morgan fingerprint density at radius 2 is 2.05 bits per heavy atom. The number of nitrogens with zero attached hydrogens (tertiary/aromatic N) is 1. The molecule has 0 bridgehead atoms. The second kappa shape index (κ2) is 7.13. The van der Waals surface area contributed by atoms with Crippen LogP contribution in [0.3, 0.4) is 0 Å². The van der Waals surface area contributed by atoms with Gasteiger partial charge in [-0.05, 0) is 18.6 Å². The molecule has 8 heteroatoms. The molecule has 0 aromatic heterocycles. The molecule has 0 aliphatic carbocycles. The topological polar surface area (TPSA) is 87.9 Å². The van der Waals surface area contributed by atoms with E-state index in [1.807, 2.05) is 0 Å². The molecule has 0 unspecified atom stereocenters. The van der Waals surface area contributed by atoms with Gasteiger partial charge in [0.15, 0.2) is 0 Å². The number of esters is 1. The molecule has 0 amide bonds. The minimum atomic E-state index is -0.575. The monoisotopic (exact) mass is 327 g/mol. The summed E-state index contributed by atoms with van der Waals surface area (Å²) < 4.78 is 15.2. The predicted molar refractivity (Wildman–Crippen MR) is 77.2 cm³/mol. The fraction of sp³-hybridized carbons (Fsp3) is 0.357.